The molecule has 11 nitrogen and oxygen atoms in total. The molecule has 1 atom stereocenters. The van der Waals surface area contributed by atoms with Crippen molar-refractivity contribution >= 4 is 34.8 Å². The number of nitrogens with zero attached hydrogens (tertiary/aromatic N) is 3. The molecule has 0 bridgehead atoms. The zero-order valence-corrected chi connectivity index (χ0v) is 27.6. The van der Waals surface area contributed by atoms with E-state index in [4.69, 9.17) is 23.9 Å². The SMILES string of the molecule is CCOC(=O)C1=C(c2ccccc2)N=c2s/c(=C\c3cccc(OCc4ccc([N+](=O)[O-])cc4)c3)c(=O)n2[C@@H]1c1ccc(OC)c(OC)c1. The molecule has 0 fully saturated rings. The minimum absolute atomic E-state index is 0.00541. The van der Waals surface area contributed by atoms with E-state index in [0.29, 0.717) is 49.0 Å². The maximum absolute atomic E-state index is 14.3. The van der Waals surface area contributed by atoms with Gasteiger partial charge in [0.1, 0.15) is 12.4 Å². The van der Waals surface area contributed by atoms with Crippen molar-refractivity contribution in [3.05, 3.63) is 155 Å². The van der Waals surface area contributed by atoms with Crippen molar-refractivity contribution in [1.82, 2.24) is 4.57 Å². The highest BCUT2D eigenvalue weighted by Crippen LogP contribution is 2.38. The van der Waals surface area contributed by atoms with Crippen LogP contribution < -0.4 is 29.1 Å². The van der Waals surface area contributed by atoms with Gasteiger partial charge in [0.05, 0.1) is 47.6 Å². The lowest BCUT2D eigenvalue weighted by molar-refractivity contribution is -0.384. The predicted octanol–water partition coefficient (Wildman–Crippen LogP) is 5.44. The van der Waals surface area contributed by atoms with Crippen molar-refractivity contribution in [2.45, 2.75) is 19.6 Å². The minimum atomic E-state index is -0.885. The van der Waals surface area contributed by atoms with Crippen LogP contribution in [-0.4, -0.2) is 36.3 Å². The Hall–Kier alpha value is -6.01. The molecule has 0 spiro atoms. The lowest BCUT2D eigenvalue weighted by atomic mass is 9.93. The van der Waals surface area contributed by atoms with Crippen LogP contribution in [0.15, 0.2) is 112 Å². The molecular formula is C37H31N3O8S. The van der Waals surface area contributed by atoms with E-state index in [1.807, 2.05) is 42.5 Å². The molecule has 49 heavy (non-hydrogen) atoms. The number of methoxy groups -OCH3 is 2. The van der Waals surface area contributed by atoms with Crippen LogP contribution in [0.25, 0.3) is 11.8 Å². The van der Waals surface area contributed by atoms with Crippen molar-refractivity contribution in [3.63, 3.8) is 0 Å². The van der Waals surface area contributed by atoms with Crippen LogP contribution in [0.1, 0.15) is 35.2 Å². The summed E-state index contributed by atoms with van der Waals surface area (Å²) in [6, 6.07) is 27.1. The van der Waals surface area contributed by atoms with E-state index >= 15 is 0 Å². The third-order valence-corrected chi connectivity index (χ3v) is 8.79. The van der Waals surface area contributed by atoms with Crippen molar-refractivity contribution in [2.24, 2.45) is 4.99 Å². The van der Waals surface area contributed by atoms with Gasteiger partial charge in [-0.05, 0) is 66.1 Å². The van der Waals surface area contributed by atoms with Crippen LogP contribution in [0.2, 0.25) is 0 Å². The molecule has 1 aromatic heterocycles. The smallest absolute Gasteiger partial charge is 0.338 e. The molecule has 6 rings (SSSR count). The number of carbonyl (C=O) groups is 1. The van der Waals surface area contributed by atoms with Crippen LogP contribution in [0.5, 0.6) is 17.2 Å². The van der Waals surface area contributed by atoms with Crippen LogP contribution in [0.3, 0.4) is 0 Å². The van der Waals surface area contributed by atoms with Crippen LogP contribution >= 0.6 is 11.3 Å². The standard InChI is InChI=1S/C37H31N3O8S/c1-4-47-36(42)32-33(25-10-6-5-7-11-25)38-37-39(34(32)26-15-18-29(45-2)30(21-26)46-3)35(41)31(49-37)20-24-9-8-12-28(19-24)48-22-23-13-16-27(17-14-23)40(43)44/h5-21,34H,4,22H2,1-3H3/b31-20-/t34-/m1/s1. The molecule has 0 unspecified atom stereocenters. The van der Waals surface area contributed by atoms with Crippen LogP contribution in [-0.2, 0) is 16.1 Å². The number of non-ortho nitro benzene ring substituents is 1. The fourth-order valence-corrected chi connectivity index (χ4v) is 6.51. The van der Waals surface area contributed by atoms with Gasteiger partial charge in [0.25, 0.3) is 11.2 Å². The molecule has 4 aromatic carbocycles. The van der Waals surface area contributed by atoms with Crippen molar-refractivity contribution in [1.29, 1.82) is 0 Å². The topological polar surface area (TPSA) is 131 Å². The minimum Gasteiger partial charge on any atom is -0.493 e. The van der Waals surface area contributed by atoms with E-state index < -0.39 is 16.9 Å². The first-order valence-corrected chi connectivity index (χ1v) is 16.1. The van der Waals surface area contributed by atoms with Gasteiger partial charge in [-0.2, -0.15) is 0 Å². The van der Waals surface area contributed by atoms with Crippen molar-refractivity contribution < 1.29 is 28.7 Å². The highest BCUT2D eigenvalue weighted by Gasteiger charge is 2.35. The zero-order chi connectivity index (χ0) is 34.5. The van der Waals surface area contributed by atoms with Gasteiger partial charge in [0.2, 0.25) is 0 Å². The Kier molecular flexibility index (Phi) is 9.67. The second kappa shape index (κ2) is 14.4. The molecule has 1 aliphatic rings. The molecule has 0 amide bonds. The van der Waals surface area contributed by atoms with Gasteiger partial charge in [-0.3, -0.25) is 19.5 Å². The van der Waals surface area contributed by atoms with Gasteiger partial charge in [-0.25, -0.2) is 9.79 Å². The highest BCUT2D eigenvalue weighted by molar-refractivity contribution is 7.07. The number of esters is 1. The normalized spacial score (nSPS) is 14.1. The average Bonchev–Trinajstić information content (AvgIpc) is 3.44. The van der Waals surface area contributed by atoms with E-state index in [1.54, 1.807) is 55.5 Å². The number of thiazole rings is 1. The Bertz CT molecular complexity index is 2240. The number of ether oxygens (including phenoxy) is 4. The average molecular weight is 678 g/mol. The summed E-state index contributed by atoms with van der Waals surface area (Å²) in [5, 5.41) is 11.0. The summed E-state index contributed by atoms with van der Waals surface area (Å²) in [6.07, 6.45) is 1.75. The van der Waals surface area contributed by atoms with E-state index in [2.05, 4.69) is 0 Å². The van der Waals surface area contributed by atoms with Gasteiger partial charge in [-0.1, -0.05) is 59.9 Å². The first-order valence-electron chi connectivity index (χ1n) is 15.3. The predicted molar refractivity (Wildman–Crippen MR) is 184 cm³/mol. The largest absolute Gasteiger partial charge is 0.493 e. The molecule has 0 saturated heterocycles. The van der Waals surface area contributed by atoms with E-state index in [-0.39, 0.29) is 30.0 Å². The summed E-state index contributed by atoms with van der Waals surface area (Å²) in [4.78, 5) is 43.9. The quantitative estimate of drug-likeness (QED) is 0.103. The van der Waals surface area contributed by atoms with Crippen LogP contribution in [0.4, 0.5) is 5.69 Å². The molecule has 0 aliphatic carbocycles. The maximum Gasteiger partial charge on any atom is 0.338 e. The number of carbonyl (C=O) groups excluding carboxylic acids is 1. The third kappa shape index (κ3) is 6.85. The van der Waals surface area contributed by atoms with Crippen LogP contribution in [0, 0.1) is 10.1 Å². The summed E-state index contributed by atoms with van der Waals surface area (Å²) < 4.78 is 24.5. The Morgan fingerprint density at radius 2 is 1.71 bits per heavy atom. The molecule has 12 heteroatoms. The molecule has 0 N–H and O–H groups in total. The summed E-state index contributed by atoms with van der Waals surface area (Å²) >= 11 is 1.21. The number of aromatic nitrogens is 1. The van der Waals surface area contributed by atoms with Gasteiger partial charge in [-0.15, -0.1) is 0 Å². The van der Waals surface area contributed by atoms with Crippen molar-refractivity contribution in [2.75, 3.05) is 20.8 Å². The number of hydrogen-bond acceptors (Lipinski definition) is 10. The summed E-state index contributed by atoms with van der Waals surface area (Å²) in [7, 11) is 3.06. The lowest BCUT2D eigenvalue weighted by Gasteiger charge is -2.26. The maximum atomic E-state index is 14.3. The summed E-state index contributed by atoms with van der Waals surface area (Å²) in [6.45, 7) is 2.06. The molecule has 0 radical (unpaired) electrons. The molecule has 1 aliphatic heterocycles. The second-order valence-electron chi connectivity index (χ2n) is 10.8. The molecular weight excluding hydrogens is 646 g/mol. The first-order chi connectivity index (χ1) is 23.8. The summed E-state index contributed by atoms with van der Waals surface area (Å²) in [5.74, 6) is 0.907. The van der Waals surface area contributed by atoms with E-state index in [0.717, 1.165) is 5.56 Å². The highest BCUT2D eigenvalue weighted by atomic mass is 32.1. The Labute approximate surface area is 284 Å². The number of benzene rings is 4. The van der Waals surface area contributed by atoms with E-state index in [1.165, 1.54) is 42.3 Å². The number of hydrogen-bond donors (Lipinski definition) is 0. The second-order valence-corrected chi connectivity index (χ2v) is 11.8. The number of nitro groups is 1. The monoisotopic (exact) mass is 677 g/mol. The summed E-state index contributed by atoms with van der Waals surface area (Å²) in [5.41, 5.74) is 3.09. The van der Waals surface area contributed by atoms with Crippen molar-refractivity contribution in [3.8, 4) is 17.2 Å². The zero-order valence-electron chi connectivity index (χ0n) is 26.8. The Morgan fingerprint density at radius 1 is 0.959 bits per heavy atom. The van der Waals surface area contributed by atoms with Gasteiger partial charge < -0.3 is 18.9 Å². The molecule has 0 saturated carbocycles. The molecule has 5 aromatic rings. The first kappa shape index (κ1) is 32.9. The fourth-order valence-electron chi connectivity index (χ4n) is 5.50. The number of nitro benzene ring substituents is 1. The molecule has 248 valence electrons. The third-order valence-electron chi connectivity index (χ3n) is 7.81. The van der Waals surface area contributed by atoms with E-state index in [9.17, 15) is 19.7 Å². The van der Waals surface area contributed by atoms with Gasteiger partial charge in [0.15, 0.2) is 16.3 Å². The van der Waals surface area contributed by atoms with Gasteiger partial charge in [0, 0.05) is 17.7 Å². The Morgan fingerprint density at radius 3 is 2.41 bits per heavy atom. The number of rotatable bonds is 11. The number of fused-ring (bicyclic) bond motifs is 1. The lowest BCUT2D eigenvalue weighted by Crippen LogP contribution is -2.40. The van der Waals surface area contributed by atoms with Gasteiger partial charge >= 0.3 is 5.97 Å². The fraction of sp³-hybridized carbons (Fsp3) is 0.162. The molecule has 2 heterocycles. The Balaban J connectivity index is 1.46.